The van der Waals surface area contributed by atoms with Crippen LogP contribution in [0.2, 0.25) is 0 Å². The topological polar surface area (TPSA) is 54.5 Å². The molecule has 1 fully saturated rings. The quantitative estimate of drug-likeness (QED) is 0.783. The highest BCUT2D eigenvalue weighted by Gasteiger charge is 2.24. The molecule has 0 bridgehead atoms. The van der Waals surface area contributed by atoms with Crippen molar-refractivity contribution in [3.8, 4) is 0 Å². The van der Waals surface area contributed by atoms with Gasteiger partial charge >= 0.3 is 0 Å². The van der Waals surface area contributed by atoms with Crippen LogP contribution in [0.3, 0.4) is 0 Å². The molecule has 0 saturated carbocycles. The van der Waals surface area contributed by atoms with Crippen molar-refractivity contribution in [3.63, 3.8) is 0 Å². The van der Waals surface area contributed by atoms with Crippen LogP contribution < -0.4 is 0 Å². The second-order valence-electron chi connectivity index (χ2n) is 5.33. The first-order chi connectivity index (χ1) is 9.91. The van der Waals surface area contributed by atoms with Crippen LogP contribution >= 0.6 is 22.0 Å². The van der Waals surface area contributed by atoms with Gasteiger partial charge in [-0.1, -0.05) is 19.8 Å². The fourth-order valence-electron chi connectivity index (χ4n) is 2.77. The Balaban J connectivity index is 2.07. The zero-order chi connectivity index (χ0) is 15.5. The monoisotopic (exact) mass is 349 g/mol. The van der Waals surface area contributed by atoms with Gasteiger partial charge in [0.15, 0.2) is 0 Å². The van der Waals surface area contributed by atoms with E-state index in [-0.39, 0.29) is 16.5 Å². The maximum atomic E-state index is 12.5. The van der Waals surface area contributed by atoms with E-state index in [0.717, 1.165) is 42.0 Å². The van der Waals surface area contributed by atoms with Gasteiger partial charge in [0.1, 0.15) is 4.21 Å². The molecule has 1 aromatic rings. The Morgan fingerprint density at radius 2 is 2.14 bits per heavy atom. The highest BCUT2D eigenvalue weighted by Crippen LogP contribution is 2.26. The molecule has 2 rings (SSSR count). The van der Waals surface area contributed by atoms with E-state index in [0.29, 0.717) is 6.04 Å². The van der Waals surface area contributed by atoms with Gasteiger partial charge in [-0.15, -0.1) is 11.3 Å². The number of halogens is 1. The van der Waals surface area contributed by atoms with Crippen molar-refractivity contribution in [1.82, 2.24) is 4.90 Å². The Morgan fingerprint density at radius 3 is 2.76 bits per heavy atom. The van der Waals surface area contributed by atoms with Gasteiger partial charge in [-0.3, -0.25) is 4.79 Å². The number of likely N-dealkylation sites (tertiary alicyclic amines) is 1. The Morgan fingerprint density at radius 1 is 1.38 bits per heavy atom. The Kier molecular flexibility index (Phi) is 5.68. The third kappa shape index (κ3) is 4.44. The normalized spacial score (nSPS) is 20.3. The number of nitrogens with zero attached hydrogens (tertiary/aromatic N) is 1. The van der Waals surface area contributed by atoms with Crippen LogP contribution in [0.5, 0.6) is 0 Å². The molecule has 0 radical (unpaired) electrons. The maximum Gasteiger partial charge on any atom is 0.270 e. The minimum atomic E-state index is -3.70. The van der Waals surface area contributed by atoms with E-state index >= 15 is 0 Å². The second-order valence-corrected chi connectivity index (χ2v) is 9.30. The lowest BCUT2D eigenvalue weighted by molar-refractivity contribution is -0.132. The molecule has 7 heteroatoms. The summed E-state index contributed by atoms with van der Waals surface area (Å²) in [7, 11) is 1.61. The molecule has 1 aromatic heterocycles. The van der Waals surface area contributed by atoms with Crippen LogP contribution in [0.1, 0.15) is 43.9 Å². The molecular formula is C14H20ClNO3S2. The van der Waals surface area contributed by atoms with Gasteiger partial charge < -0.3 is 4.90 Å². The Hall–Kier alpha value is -0.590. The SMILES string of the molecule is CCC1CCCCCN1C(=O)Cc1ccc(S(=O)(=O)Cl)s1. The lowest BCUT2D eigenvalue weighted by Crippen LogP contribution is -2.40. The van der Waals surface area contributed by atoms with Crippen LogP contribution in [0.25, 0.3) is 0 Å². The molecule has 0 aromatic carbocycles. The van der Waals surface area contributed by atoms with Gasteiger partial charge in [-0.2, -0.15) is 0 Å². The summed E-state index contributed by atoms with van der Waals surface area (Å²) in [6.07, 6.45) is 5.69. The third-order valence-corrected chi connectivity index (χ3v) is 7.05. The molecular weight excluding hydrogens is 330 g/mol. The number of hydrogen-bond donors (Lipinski definition) is 0. The Bertz CT molecular complexity index is 597. The average molecular weight is 350 g/mol. The summed E-state index contributed by atoms with van der Waals surface area (Å²) in [5.41, 5.74) is 0. The van der Waals surface area contributed by atoms with Gasteiger partial charge in [-0.25, -0.2) is 8.42 Å². The van der Waals surface area contributed by atoms with E-state index in [1.54, 1.807) is 6.07 Å². The Labute approximate surface area is 134 Å². The molecule has 0 aliphatic carbocycles. The van der Waals surface area contributed by atoms with Crippen molar-refractivity contribution in [1.29, 1.82) is 0 Å². The van der Waals surface area contributed by atoms with Crippen LogP contribution in [0, 0.1) is 0 Å². The van der Waals surface area contributed by atoms with Gasteiger partial charge in [0, 0.05) is 28.1 Å². The number of thiophene rings is 1. The maximum absolute atomic E-state index is 12.5. The second kappa shape index (κ2) is 7.11. The highest BCUT2D eigenvalue weighted by atomic mass is 35.7. The lowest BCUT2D eigenvalue weighted by Gasteiger charge is -2.29. The molecule has 21 heavy (non-hydrogen) atoms. The summed E-state index contributed by atoms with van der Waals surface area (Å²) in [6.45, 7) is 2.92. The highest BCUT2D eigenvalue weighted by molar-refractivity contribution is 8.15. The van der Waals surface area contributed by atoms with E-state index in [1.807, 2.05) is 4.90 Å². The minimum absolute atomic E-state index is 0.0871. The molecule has 1 saturated heterocycles. The van der Waals surface area contributed by atoms with Crippen LogP contribution in [0.4, 0.5) is 0 Å². The van der Waals surface area contributed by atoms with E-state index in [4.69, 9.17) is 10.7 Å². The van der Waals surface area contributed by atoms with E-state index in [1.165, 1.54) is 18.9 Å². The summed E-state index contributed by atoms with van der Waals surface area (Å²) >= 11 is 1.08. The van der Waals surface area contributed by atoms with Crippen molar-refractivity contribution in [3.05, 3.63) is 17.0 Å². The number of rotatable bonds is 4. The molecule has 1 aliphatic heterocycles. The predicted octanol–water partition coefficient (Wildman–Crippen LogP) is 3.40. The molecule has 1 atom stereocenters. The largest absolute Gasteiger partial charge is 0.339 e. The van der Waals surface area contributed by atoms with E-state index in [2.05, 4.69) is 6.92 Å². The average Bonchev–Trinajstić information content (AvgIpc) is 2.75. The predicted molar refractivity (Wildman–Crippen MR) is 85.3 cm³/mol. The first-order valence-electron chi connectivity index (χ1n) is 7.24. The molecule has 1 amide bonds. The van der Waals surface area contributed by atoms with Crippen LogP contribution in [0.15, 0.2) is 16.3 Å². The molecule has 4 nitrogen and oxygen atoms in total. The van der Waals surface area contributed by atoms with Gasteiger partial charge in [-0.05, 0) is 31.4 Å². The first-order valence-corrected chi connectivity index (χ1v) is 10.4. The van der Waals surface area contributed by atoms with Crippen molar-refractivity contribution < 1.29 is 13.2 Å². The third-order valence-electron chi connectivity index (χ3n) is 3.87. The summed E-state index contributed by atoms with van der Waals surface area (Å²) in [5, 5.41) is 0. The molecule has 0 N–H and O–H groups in total. The van der Waals surface area contributed by atoms with Crippen molar-refractivity contribution >= 4 is 37.0 Å². The number of hydrogen-bond acceptors (Lipinski definition) is 4. The molecule has 2 heterocycles. The van der Waals surface area contributed by atoms with Crippen LogP contribution in [-0.2, 0) is 20.3 Å². The standard InChI is InChI=1S/C14H20ClNO3S2/c1-2-11-6-4-3-5-9-16(11)13(17)10-12-7-8-14(20-12)21(15,18)19/h7-8,11H,2-6,9-10H2,1H3. The van der Waals surface area contributed by atoms with Crippen molar-refractivity contribution in [2.24, 2.45) is 0 Å². The molecule has 118 valence electrons. The number of amides is 1. The van der Waals surface area contributed by atoms with Gasteiger partial charge in [0.2, 0.25) is 5.91 Å². The van der Waals surface area contributed by atoms with E-state index in [9.17, 15) is 13.2 Å². The number of carbonyl (C=O) groups excluding carboxylic acids is 1. The van der Waals surface area contributed by atoms with Gasteiger partial charge in [0.25, 0.3) is 9.05 Å². The summed E-state index contributed by atoms with van der Waals surface area (Å²) < 4.78 is 22.6. The minimum Gasteiger partial charge on any atom is -0.339 e. The summed E-state index contributed by atoms with van der Waals surface area (Å²) in [4.78, 5) is 15.2. The zero-order valence-corrected chi connectivity index (χ0v) is 14.4. The molecule has 0 spiro atoms. The first kappa shape index (κ1) is 16.8. The van der Waals surface area contributed by atoms with Crippen molar-refractivity contribution in [2.45, 2.75) is 55.7 Å². The fraction of sp³-hybridized carbons (Fsp3) is 0.643. The number of carbonyl (C=O) groups is 1. The molecule has 1 unspecified atom stereocenters. The van der Waals surface area contributed by atoms with E-state index < -0.39 is 9.05 Å². The van der Waals surface area contributed by atoms with Crippen molar-refractivity contribution in [2.75, 3.05) is 6.54 Å². The van der Waals surface area contributed by atoms with Crippen LogP contribution in [-0.4, -0.2) is 31.8 Å². The lowest BCUT2D eigenvalue weighted by atomic mass is 10.1. The fourth-order valence-corrected chi connectivity index (χ4v) is 4.88. The van der Waals surface area contributed by atoms with Gasteiger partial charge in [0.05, 0.1) is 6.42 Å². The zero-order valence-electron chi connectivity index (χ0n) is 12.0. The summed E-state index contributed by atoms with van der Waals surface area (Å²) in [5.74, 6) is 0.0871. The summed E-state index contributed by atoms with van der Waals surface area (Å²) in [6, 6.07) is 3.46. The molecule has 1 aliphatic rings. The smallest absolute Gasteiger partial charge is 0.270 e.